The van der Waals surface area contributed by atoms with Gasteiger partial charge in [0, 0.05) is 115 Å². The first-order valence-electron chi connectivity index (χ1n) is 43.5. The molecule has 0 spiro atoms. The molecule has 0 radical (unpaired) electrons. The highest BCUT2D eigenvalue weighted by molar-refractivity contribution is 8.00. The molecule has 4 amide bonds. The highest BCUT2D eigenvalue weighted by atomic mass is 32.2. The molecule has 44 heteroatoms. The number of nitrogens with zero attached hydrogens (tertiary/aromatic N) is 16. The third-order valence-corrected chi connectivity index (χ3v) is 26.7. The summed E-state index contributed by atoms with van der Waals surface area (Å²) in [4.78, 5) is 144. The molecule has 13 heterocycles. The van der Waals surface area contributed by atoms with Crippen LogP contribution in [0.25, 0.3) is 44.1 Å². The van der Waals surface area contributed by atoms with Gasteiger partial charge in [0.05, 0.1) is 92.8 Å². The number of anilines is 4. The fraction of sp³-hybridized carbons (Fsp3) is 0.387. The zero-order valence-electron chi connectivity index (χ0n) is 75.7. The number of benzene rings is 4. The Labute approximate surface area is 774 Å². The topological polar surface area (TPSA) is 356 Å². The van der Waals surface area contributed by atoms with Crippen molar-refractivity contribution in [3.05, 3.63) is 254 Å². The molecular formula is C93H96F12N20O11S. The van der Waals surface area contributed by atoms with Gasteiger partial charge in [-0.3, -0.25) is 60.8 Å². The van der Waals surface area contributed by atoms with Gasteiger partial charge in [0.25, 0.3) is 71.6 Å². The van der Waals surface area contributed by atoms with Crippen LogP contribution in [0.1, 0.15) is 196 Å². The molecule has 31 nitrogen and oxygen atoms in total. The number of halogens is 12. The zero-order valence-corrected chi connectivity index (χ0v) is 76.5. The Morgan fingerprint density at radius 3 is 0.985 bits per heavy atom. The summed E-state index contributed by atoms with van der Waals surface area (Å²) < 4.78 is 192. The predicted molar refractivity (Wildman–Crippen MR) is 488 cm³/mol. The molecule has 17 rings (SSSR count). The average molecular weight is 1930 g/mol. The molecule has 137 heavy (non-hydrogen) atoms. The van der Waals surface area contributed by atoms with Crippen molar-refractivity contribution in [1.29, 1.82) is 0 Å². The van der Waals surface area contributed by atoms with Crippen molar-refractivity contribution in [3.63, 3.8) is 0 Å². The van der Waals surface area contributed by atoms with E-state index in [4.69, 9.17) is 9.47 Å². The first-order chi connectivity index (χ1) is 65.2. The standard InChI is InChI=1S/C24H24F3N5O3.C24H26F3N5O3.C23H24F3N5O3S.C22H22F3N5O2/c1-12(15-4-3-5-16(19(15)25)20(26)27)30-21-17-8-18(23(33)31(2)22(17)29-11-28-21)24(34)32-9-13-6-7-14(10-32)35-13;1-13(15-7-4-8-16(19(15)25)20(26)27)30-21-17-10-18(23(33)31(2)22(17)29-12-28-21)24(34)32-9-5-6-14(32)11-35-3;1-13(14-5-4-6-15(18(14)24)19(25)26)29-20-16-11-17(22(32)30(2)21(16)28-12-27-20)23(33)31-7-9-35(3,34)10-8-31;1-11-8-30(9-11)22(32)16-7-15-19(26-10-27-20(15)29(3)21(16)31)28-12(2)13-5-4-6-14(17(13)23)18(24)25/h3-5,8,11-14,20H,6-7,9-10H2,1-2H3,(H,28,29,30);4,7-8,10,12-14,20H,5-6,9,11H2,1-3H3,(H,28,29,30);4-6,11-13,19H,3,7-10H2,1-2H3,(H,27,28,29);4-7,10-12,18H,8-9H2,1-3H3,(H,26,27,28)/t12-,13?,14?;13-,14-;13-;12-/m1111/s1. The van der Waals surface area contributed by atoms with Crippen molar-refractivity contribution < 1.29 is 85.5 Å². The van der Waals surface area contributed by atoms with E-state index in [2.05, 4.69) is 67.0 Å². The average Bonchev–Trinajstić information content (AvgIpc) is 1.21. The van der Waals surface area contributed by atoms with Gasteiger partial charge in [-0.15, -0.1) is 0 Å². The first kappa shape index (κ1) is 99.2. The number of alkyl halides is 8. The van der Waals surface area contributed by atoms with Crippen LogP contribution in [0.4, 0.5) is 76.0 Å². The van der Waals surface area contributed by atoms with E-state index in [1.807, 2.05) is 6.92 Å². The minimum atomic E-state index is -2.96. The number of hydrogen-bond donors (Lipinski definition) is 4. The highest BCUT2D eigenvalue weighted by Crippen LogP contribution is 2.38. The Kier molecular flexibility index (Phi) is 30.0. The summed E-state index contributed by atoms with van der Waals surface area (Å²) >= 11 is 0. The fourth-order valence-electron chi connectivity index (χ4n) is 17.3. The summed E-state index contributed by atoms with van der Waals surface area (Å²) in [6.07, 6.45) is -3.56. The van der Waals surface area contributed by atoms with Gasteiger partial charge in [0.1, 0.15) is 117 Å². The lowest BCUT2D eigenvalue weighted by molar-refractivity contribution is -0.0304. The van der Waals surface area contributed by atoms with Crippen molar-refractivity contribution in [2.75, 3.05) is 92.3 Å². The van der Waals surface area contributed by atoms with Gasteiger partial charge < -0.3 is 50.3 Å². The second-order valence-corrected chi connectivity index (χ2v) is 36.8. The summed E-state index contributed by atoms with van der Waals surface area (Å²) in [7, 11) is 5.32. The number of ether oxygens (including phenoxy) is 2. The molecule has 4 N–H and O–H groups in total. The maximum Gasteiger partial charge on any atom is 0.266 e. The number of pyridine rings is 4. The predicted octanol–water partition coefficient (Wildman–Crippen LogP) is 13.8. The first-order valence-corrected chi connectivity index (χ1v) is 45.6. The second kappa shape index (κ2) is 41.4. The van der Waals surface area contributed by atoms with Gasteiger partial charge >= 0.3 is 0 Å². The molecule has 5 aliphatic heterocycles. The summed E-state index contributed by atoms with van der Waals surface area (Å²) in [5.41, 5.74) is -3.76. The Hall–Kier alpha value is -13.8. The maximum absolute atomic E-state index is 14.7. The zero-order chi connectivity index (χ0) is 98.8. The lowest BCUT2D eigenvalue weighted by atomic mass is 10.0. The van der Waals surface area contributed by atoms with E-state index in [-0.39, 0.29) is 139 Å². The van der Waals surface area contributed by atoms with Gasteiger partial charge in [0.2, 0.25) is 0 Å². The molecule has 2 bridgehead atoms. The molecule has 5 saturated heterocycles. The summed E-state index contributed by atoms with van der Waals surface area (Å²) in [5, 5.41) is 13.5. The number of hydrogen-bond acceptors (Lipinski definition) is 23. The van der Waals surface area contributed by atoms with Crippen molar-refractivity contribution in [2.24, 2.45) is 34.1 Å². The van der Waals surface area contributed by atoms with Crippen LogP contribution in [0.2, 0.25) is 0 Å². The van der Waals surface area contributed by atoms with E-state index in [0.717, 1.165) is 49.9 Å². The fourth-order valence-corrected chi connectivity index (χ4v) is 18.6. The van der Waals surface area contributed by atoms with Crippen molar-refractivity contribution in [1.82, 2.24) is 77.7 Å². The van der Waals surface area contributed by atoms with Crippen molar-refractivity contribution in [2.45, 2.75) is 128 Å². The quantitative estimate of drug-likeness (QED) is 0.0362. The van der Waals surface area contributed by atoms with Gasteiger partial charge in [0.15, 0.2) is 0 Å². The van der Waals surface area contributed by atoms with Crippen LogP contribution in [0.5, 0.6) is 0 Å². The van der Waals surface area contributed by atoms with Crippen LogP contribution in [0.3, 0.4) is 0 Å². The SMILES string of the molecule is C=S1(=O)CCN(C(=O)c2cc3c(N[C@H](C)c4cccc(C(F)F)c4F)ncnc3n(C)c2=O)CC1.CC1CN(C(=O)c2cc3c(N[C@H](C)c4cccc(C(F)F)c4F)ncnc3n(C)c2=O)C1.COC[C@H]1CCCN1C(=O)c1cc2c(N[C@H](C)c3cccc(C(F)F)c3F)ncnc2n(C)c1=O.C[C@@H](Nc1ncnc2c1cc(C(=O)N1CC3CCC(C1)O3)c(=O)n2C)c1cccc(C(F)F)c1F. The Morgan fingerprint density at radius 2 is 0.701 bits per heavy atom. The van der Waals surface area contributed by atoms with Crippen LogP contribution in [0, 0.1) is 29.2 Å². The minimum Gasteiger partial charge on any atom is -0.383 e. The molecule has 0 saturated carbocycles. The normalized spacial score (nSPS) is 17.3. The molecule has 5 fully saturated rings. The van der Waals surface area contributed by atoms with Gasteiger partial charge in [-0.05, 0) is 99.0 Å². The summed E-state index contributed by atoms with van der Waals surface area (Å²) in [6.45, 7) is 11.7. The molecule has 724 valence electrons. The van der Waals surface area contributed by atoms with E-state index in [1.165, 1.54) is 149 Å². The molecular weight excluding hydrogens is 1830 g/mol. The summed E-state index contributed by atoms with van der Waals surface area (Å²) in [5.74, 6) is -0.179. The number of carbonyl (C=O) groups excluding carboxylic acids is 4. The number of methoxy groups -OCH3 is 1. The van der Waals surface area contributed by atoms with Crippen LogP contribution in [0.15, 0.2) is 142 Å². The third kappa shape index (κ3) is 20.7. The molecule has 8 aromatic heterocycles. The Balaban J connectivity index is 0.000000146. The number of nitrogens with one attached hydrogen (secondary N) is 4. The molecule has 0 aliphatic carbocycles. The lowest BCUT2D eigenvalue weighted by Crippen LogP contribution is -2.50. The van der Waals surface area contributed by atoms with E-state index in [9.17, 15) is 95.3 Å². The Morgan fingerprint density at radius 1 is 0.423 bits per heavy atom. The van der Waals surface area contributed by atoms with Crippen LogP contribution in [-0.2, 0) is 47.2 Å². The smallest absolute Gasteiger partial charge is 0.266 e. The number of rotatable bonds is 22. The number of carbonyl (C=O) groups is 4. The van der Waals surface area contributed by atoms with Gasteiger partial charge in [-0.1, -0.05) is 79.7 Å². The molecule has 7 atom stereocenters. The lowest BCUT2D eigenvalue weighted by Gasteiger charge is -2.37. The number of aryl methyl sites for hydroxylation is 4. The van der Waals surface area contributed by atoms with E-state index in [0.29, 0.717) is 66.8 Å². The van der Waals surface area contributed by atoms with E-state index >= 15 is 0 Å². The minimum absolute atomic E-state index is 0.0109. The molecule has 5 aliphatic rings. The highest BCUT2D eigenvalue weighted by Gasteiger charge is 2.39. The number of fused-ring (bicyclic) bond motifs is 6. The van der Waals surface area contributed by atoms with Crippen molar-refractivity contribution in [3.8, 4) is 0 Å². The van der Waals surface area contributed by atoms with Gasteiger partial charge in [-0.25, -0.2) is 92.6 Å². The van der Waals surface area contributed by atoms with Crippen LogP contribution < -0.4 is 43.5 Å². The van der Waals surface area contributed by atoms with Crippen LogP contribution in [-0.4, -0.2) is 201 Å². The van der Waals surface area contributed by atoms with Crippen molar-refractivity contribution >= 4 is 106 Å². The number of amides is 4. The summed E-state index contributed by atoms with van der Waals surface area (Å²) in [6, 6.07) is 17.8. The van der Waals surface area contributed by atoms with E-state index < -0.39 is 145 Å². The van der Waals surface area contributed by atoms with Gasteiger partial charge in [-0.2, -0.15) is 0 Å². The second-order valence-electron chi connectivity index (χ2n) is 34.1. The molecule has 4 aromatic carbocycles. The Bertz CT molecular complexity index is 7030. The van der Waals surface area contributed by atoms with E-state index in [1.54, 1.807) is 49.5 Å². The number of aromatic nitrogens is 12. The number of morpholine rings is 1. The number of likely N-dealkylation sites (tertiary alicyclic amines) is 3. The third-order valence-electron chi connectivity index (χ3n) is 24.8. The molecule has 12 aromatic rings. The van der Waals surface area contributed by atoms with Crippen LogP contribution >= 0.6 is 0 Å². The monoisotopic (exact) mass is 1930 g/mol. The maximum atomic E-state index is 14.7. The largest absolute Gasteiger partial charge is 0.383 e. The molecule has 2 unspecified atom stereocenters.